The van der Waals surface area contributed by atoms with Crippen molar-refractivity contribution in [2.45, 2.75) is 25.0 Å². The molecule has 1 heterocycles. The van der Waals surface area contributed by atoms with Crippen molar-refractivity contribution in [3.05, 3.63) is 35.9 Å². The van der Waals surface area contributed by atoms with E-state index in [9.17, 15) is 4.79 Å². The average molecular weight is 292 g/mol. The molecule has 1 saturated heterocycles. The van der Waals surface area contributed by atoms with Gasteiger partial charge in [0.05, 0.1) is 19.8 Å². The number of benzene rings is 1. The lowest BCUT2D eigenvalue weighted by Crippen LogP contribution is -2.50. The van der Waals surface area contributed by atoms with Gasteiger partial charge in [-0.3, -0.25) is 4.90 Å². The lowest BCUT2D eigenvalue weighted by Gasteiger charge is -2.34. The Morgan fingerprint density at radius 3 is 2.81 bits per heavy atom. The van der Waals surface area contributed by atoms with Gasteiger partial charge < -0.3 is 15.2 Å². The van der Waals surface area contributed by atoms with Crippen LogP contribution in [0.1, 0.15) is 18.9 Å². The molecular formula is C16H24N2O3. The van der Waals surface area contributed by atoms with Gasteiger partial charge in [0.1, 0.15) is 5.54 Å². The molecule has 0 aliphatic carbocycles. The summed E-state index contributed by atoms with van der Waals surface area (Å²) in [5.41, 5.74) is 6.08. The van der Waals surface area contributed by atoms with E-state index in [1.165, 1.54) is 7.11 Å². The van der Waals surface area contributed by atoms with Crippen LogP contribution < -0.4 is 5.73 Å². The Morgan fingerprint density at radius 1 is 1.48 bits per heavy atom. The molecule has 5 nitrogen and oxygen atoms in total. The zero-order chi connectivity index (χ0) is 15.3. The molecule has 1 aliphatic heterocycles. The zero-order valence-corrected chi connectivity index (χ0v) is 12.7. The third kappa shape index (κ3) is 3.81. The van der Waals surface area contributed by atoms with Crippen molar-refractivity contribution in [2.75, 3.05) is 33.4 Å². The van der Waals surface area contributed by atoms with E-state index in [0.717, 1.165) is 31.8 Å². The molecule has 0 aromatic heterocycles. The zero-order valence-electron chi connectivity index (χ0n) is 12.7. The van der Waals surface area contributed by atoms with Gasteiger partial charge in [-0.25, -0.2) is 4.79 Å². The molecule has 0 radical (unpaired) electrons. The van der Waals surface area contributed by atoms with Crippen molar-refractivity contribution in [2.24, 2.45) is 5.73 Å². The fourth-order valence-electron chi connectivity index (χ4n) is 2.71. The summed E-state index contributed by atoms with van der Waals surface area (Å²) < 4.78 is 10.5. The monoisotopic (exact) mass is 292 g/mol. The first-order valence-electron chi connectivity index (χ1n) is 7.33. The number of hydrogen-bond donors (Lipinski definition) is 1. The van der Waals surface area contributed by atoms with E-state index in [2.05, 4.69) is 11.8 Å². The van der Waals surface area contributed by atoms with Crippen LogP contribution in [0.25, 0.3) is 0 Å². The van der Waals surface area contributed by atoms with E-state index >= 15 is 0 Å². The van der Waals surface area contributed by atoms with E-state index in [-0.39, 0.29) is 6.10 Å². The number of carbonyl (C=O) groups excluding carboxylic acids is 1. The van der Waals surface area contributed by atoms with Crippen molar-refractivity contribution in [1.82, 2.24) is 4.90 Å². The Hall–Kier alpha value is -1.43. The van der Waals surface area contributed by atoms with Crippen LogP contribution in [0.2, 0.25) is 0 Å². The molecule has 2 N–H and O–H groups in total. The summed E-state index contributed by atoms with van der Waals surface area (Å²) in [6.45, 7) is 5.26. The quantitative estimate of drug-likeness (QED) is 0.824. The highest BCUT2D eigenvalue weighted by Crippen LogP contribution is 2.24. The Balaban J connectivity index is 2.08. The van der Waals surface area contributed by atoms with E-state index in [1.807, 2.05) is 30.3 Å². The molecule has 5 heteroatoms. The molecular weight excluding hydrogens is 268 g/mol. The SMILES string of the molecule is COC(=O)C(N)(CCN1CCOC(C)C1)c1ccccc1. The molecule has 1 aromatic rings. The highest BCUT2D eigenvalue weighted by atomic mass is 16.5. The Labute approximate surface area is 126 Å². The number of rotatable bonds is 5. The molecule has 21 heavy (non-hydrogen) atoms. The van der Waals surface area contributed by atoms with Gasteiger partial charge in [0.2, 0.25) is 0 Å². The van der Waals surface area contributed by atoms with E-state index in [1.54, 1.807) is 0 Å². The van der Waals surface area contributed by atoms with E-state index in [4.69, 9.17) is 15.2 Å². The van der Waals surface area contributed by atoms with Crippen molar-refractivity contribution in [3.63, 3.8) is 0 Å². The van der Waals surface area contributed by atoms with Crippen LogP contribution >= 0.6 is 0 Å². The molecule has 1 aliphatic rings. The lowest BCUT2D eigenvalue weighted by atomic mass is 9.87. The number of carbonyl (C=O) groups is 1. The van der Waals surface area contributed by atoms with Crippen LogP contribution in [-0.4, -0.2) is 50.3 Å². The van der Waals surface area contributed by atoms with Crippen molar-refractivity contribution in [3.8, 4) is 0 Å². The molecule has 1 fully saturated rings. The second kappa shape index (κ2) is 7.02. The van der Waals surface area contributed by atoms with Crippen molar-refractivity contribution >= 4 is 5.97 Å². The average Bonchev–Trinajstić information content (AvgIpc) is 2.52. The maximum Gasteiger partial charge on any atom is 0.330 e. The Kier molecular flexibility index (Phi) is 5.33. The highest BCUT2D eigenvalue weighted by Gasteiger charge is 2.37. The molecule has 0 bridgehead atoms. The topological polar surface area (TPSA) is 64.8 Å². The van der Waals surface area contributed by atoms with Gasteiger partial charge in [0.25, 0.3) is 0 Å². The molecule has 116 valence electrons. The predicted octanol–water partition coefficient (Wildman–Crippen LogP) is 1.12. The molecule has 0 spiro atoms. The van der Waals surface area contributed by atoms with E-state index < -0.39 is 11.5 Å². The lowest BCUT2D eigenvalue weighted by molar-refractivity contribution is -0.148. The number of nitrogens with zero attached hydrogens (tertiary/aromatic N) is 1. The third-order valence-electron chi connectivity index (χ3n) is 3.99. The maximum atomic E-state index is 12.2. The van der Waals surface area contributed by atoms with Crippen LogP contribution in [0.3, 0.4) is 0 Å². The molecule has 0 amide bonds. The van der Waals surface area contributed by atoms with Gasteiger partial charge in [-0.05, 0) is 18.9 Å². The number of morpholine rings is 1. The molecule has 1 aromatic carbocycles. The van der Waals surface area contributed by atoms with Gasteiger partial charge in [0.15, 0.2) is 0 Å². The molecule has 2 rings (SSSR count). The van der Waals surface area contributed by atoms with Crippen LogP contribution in [0.15, 0.2) is 30.3 Å². The van der Waals surface area contributed by atoms with Crippen LogP contribution in [0, 0.1) is 0 Å². The van der Waals surface area contributed by atoms with Crippen molar-refractivity contribution in [1.29, 1.82) is 0 Å². The number of methoxy groups -OCH3 is 1. The summed E-state index contributed by atoms with van der Waals surface area (Å²) in [5, 5.41) is 0. The maximum absolute atomic E-state index is 12.2. The minimum atomic E-state index is -1.10. The van der Waals surface area contributed by atoms with E-state index in [0.29, 0.717) is 6.42 Å². The van der Waals surface area contributed by atoms with Crippen LogP contribution in [0.5, 0.6) is 0 Å². The summed E-state index contributed by atoms with van der Waals surface area (Å²) in [6, 6.07) is 9.43. The minimum absolute atomic E-state index is 0.223. The first kappa shape index (κ1) is 15.9. The minimum Gasteiger partial charge on any atom is -0.467 e. The molecule has 2 atom stereocenters. The summed E-state index contributed by atoms with van der Waals surface area (Å²) in [5.74, 6) is -0.394. The first-order chi connectivity index (χ1) is 10.1. The van der Waals surface area contributed by atoms with Crippen LogP contribution in [-0.2, 0) is 19.8 Å². The van der Waals surface area contributed by atoms with Gasteiger partial charge in [0, 0.05) is 19.6 Å². The van der Waals surface area contributed by atoms with Gasteiger partial charge in [-0.15, -0.1) is 0 Å². The smallest absolute Gasteiger partial charge is 0.330 e. The predicted molar refractivity (Wildman–Crippen MR) is 80.8 cm³/mol. The van der Waals surface area contributed by atoms with Gasteiger partial charge >= 0.3 is 5.97 Å². The van der Waals surface area contributed by atoms with Crippen LogP contribution in [0.4, 0.5) is 0 Å². The van der Waals surface area contributed by atoms with Crippen molar-refractivity contribution < 1.29 is 14.3 Å². The standard InChI is InChI=1S/C16H24N2O3/c1-13-12-18(10-11-21-13)9-8-16(17,15(19)20-2)14-6-4-3-5-7-14/h3-7,13H,8-12,17H2,1-2H3. The van der Waals surface area contributed by atoms with Gasteiger partial charge in [-0.2, -0.15) is 0 Å². The summed E-state index contributed by atoms with van der Waals surface area (Å²) in [4.78, 5) is 14.5. The Morgan fingerprint density at radius 2 is 2.19 bits per heavy atom. The summed E-state index contributed by atoms with van der Waals surface area (Å²) >= 11 is 0. The second-order valence-electron chi connectivity index (χ2n) is 5.56. The fourth-order valence-corrected chi connectivity index (χ4v) is 2.71. The first-order valence-corrected chi connectivity index (χ1v) is 7.33. The number of ether oxygens (including phenoxy) is 2. The number of hydrogen-bond acceptors (Lipinski definition) is 5. The van der Waals surface area contributed by atoms with Gasteiger partial charge in [-0.1, -0.05) is 30.3 Å². The largest absolute Gasteiger partial charge is 0.467 e. The summed E-state index contributed by atoms with van der Waals surface area (Å²) in [7, 11) is 1.38. The molecule has 2 unspecified atom stereocenters. The Bertz CT molecular complexity index is 466. The number of esters is 1. The number of nitrogens with two attached hydrogens (primary N) is 1. The second-order valence-corrected chi connectivity index (χ2v) is 5.56. The third-order valence-corrected chi connectivity index (χ3v) is 3.99. The summed E-state index contributed by atoms with van der Waals surface area (Å²) in [6.07, 6.45) is 0.747. The normalized spacial score (nSPS) is 22.5. The highest BCUT2D eigenvalue weighted by molar-refractivity contribution is 5.82. The molecule has 0 saturated carbocycles. The fraction of sp³-hybridized carbons (Fsp3) is 0.562.